The van der Waals surface area contributed by atoms with Gasteiger partial charge in [0.1, 0.15) is 0 Å². The monoisotopic (exact) mass is 263 g/mol. The van der Waals surface area contributed by atoms with Crippen LogP contribution in [0.3, 0.4) is 0 Å². The summed E-state index contributed by atoms with van der Waals surface area (Å²) in [6.45, 7) is 0. The summed E-state index contributed by atoms with van der Waals surface area (Å²) in [5, 5.41) is -0.00951. The van der Waals surface area contributed by atoms with Gasteiger partial charge in [0.15, 0.2) is 5.69 Å². The summed E-state index contributed by atoms with van der Waals surface area (Å²) in [7, 11) is 1.28. The Hall–Kier alpha value is -2.14. The molecule has 0 radical (unpaired) electrons. The lowest BCUT2D eigenvalue weighted by Gasteiger charge is -2.04. The second kappa shape index (κ2) is 5.01. The van der Waals surface area contributed by atoms with Crippen LogP contribution < -0.4 is 5.73 Å². The van der Waals surface area contributed by atoms with Crippen LogP contribution in [0.5, 0.6) is 0 Å². The van der Waals surface area contributed by atoms with Crippen molar-refractivity contribution in [2.45, 2.75) is 0 Å². The maximum atomic E-state index is 11.4. The number of halogens is 1. The van der Waals surface area contributed by atoms with Gasteiger partial charge in [-0.3, -0.25) is 0 Å². The maximum Gasteiger partial charge on any atom is 0.356 e. The Bertz CT molecular complexity index is 584. The quantitative estimate of drug-likeness (QED) is 0.510. The van der Waals surface area contributed by atoms with Crippen LogP contribution in [0.2, 0.25) is 5.28 Å². The number of nitrogen functional groups attached to an aromatic ring is 1. The molecule has 0 atom stereocenters. The molecule has 1 heterocycles. The second-order valence-electron chi connectivity index (χ2n) is 3.52. The lowest BCUT2D eigenvalue weighted by molar-refractivity contribution is 0.0594. The number of nitrogens with zero attached hydrogens (tertiary/aromatic N) is 2. The van der Waals surface area contributed by atoms with E-state index in [2.05, 4.69) is 14.7 Å². The van der Waals surface area contributed by atoms with Crippen LogP contribution in [0.4, 0.5) is 5.69 Å². The third-order valence-electron chi connectivity index (χ3n) is 2.30. The van der Waals surface area contributed by atoms with Gasteiger partial charge in [0.25, 0.3) is 0 Å². The Kier molecular flexibility index (Phi) is 3.43. The summed E-state index contributed by atoms with van der Waals surface area (Å²) < 4.78 is 4.59. The van der Waals surface area contributed by atoms with Gasteiger partial charge >= 0.3 is 5.97 Å². The highest BCUT2D eigenvalue weighted by atomic mass is 35.5. The number of aromatic nitrogens is 2. The highest BCUT2D eigenvalue weighted by molar-refractivity contribution is 6.28. The molecule has 0 amide bonds. The molecule has 2 rings (SSSR count). The van der Waals surface area contributed by atoms with Gasteiger partial charge in [0, 0.05) is 11.3 Å². The van der Waals surface area contributed by atoms with Crippen LogP contribution in [0.25, 0.3) is 11.3 Å². The Morgan fingerprint density at radius 1 is 1.28 bits per heavy atom. The Morgan fingerprint density at radius 3 is 2.56 bits per heavy atom. The number of hydrogen-bond acceptors (Lipinski definition) is 5. The summed E-state index contributed by atoms with van der Waals surface area (Å²) in [5.74, 6) is -0.559. The van der Waals surface area contributed by atoms with Crippen LogP contribution >= 0.6 is 11.6 Å². The predicted octanol–water partition coefficient (Wildman–Crippen LogP) is 2.17. The zero-order valence-corrected chi connectivity index (χ0v) is 10.3. The topological polar surface area (TPSA) is 78.1 Å². The molecular formula is C12H10ClN3O2. The molecule has 0 fully saturated rings. The number of anilines is 1. The number of rotatable bonds is 2. The molecule has 0 aliphatic heterocycles. The molecule has 0 aliphatic rings. The molecule has 0 spiro atoms. The first-order valence-corrected chi connectivity index (χ1v) is 5.47. The number of nitrogens with two attached hydrogens (primary N) is 1. The SMILES string of the molecule is COC(=O)c1cc(-c2ccc(N)cc2)nc(Cl)n1. The normalized spacial score (nSPS) is 10.1. The number of carbonyl (C=O) groups excluding carboxylic acids is 1. The number of methoxy groups -OCH3 is 1. The van der Waals surface area contributed by atoms with Crippen molar-refractivity contribution in [3.63, 3.8) is 0 Å². The average Bonchev–Trinajstić information content (AvgIpc) is 2.38. The van der Waals surface area contributed by atoms with Crippen LogP contribution in [0.15, 0.2) is 30.3 Å². The summed E-state index contributed by atoms with van der Waals surface area (Å²) in [4.78, 5) is 19.3. The van der Waals surface area contributed by atoms with Crippen LogP contribution in [-0.2, 0) is 4.74 Å². The van der Waals surface area contributed by atoms with Gasteiger partial charge in [-0.25, -0.2) is 14.8 Å². The lowest BCUT2D eigenvalue weighted by atomic mass is 10.1. The number of ether oxygens (including phenoxy) is 1. The lowest BCUT2D eigenvalue weighted by Crippen LogP contribution is -2.05. The van der Waals surface area contributed by atoms with Crippen LogP contribution in [0, 0.1) is 0 Å². The maximum absolute atomic E-state index is 11.4. The molecule has 1 aromatic carbocycles. The van der Waals surface area contributed by atoms with E-state index in [0.717, 1.165) is 5.56 Å². The molecule has 92 valence electrons. The first-order chi connectivity index (χ1) is 8.60. The largest absolute Gasteiger partial charge is 0.464 e. The summed E-state index contributed by atoms with van der Waals surface area (Å²) >= 11 is 5.78. The average molecular weight is 264 g/mol. The van der Waals surface area contributed by atoms with E-state index < -0.39 is 5.97 Å². The van der Waals surface area contributed by atoms with Gasteiger partial charge < -0.3 is 10.5 Å². The van der Waals surface area contributed by atoms with E-state index in [9.17, 15) is 4.79 Å². The van der Waals surface area contributed by atoms with Gasteiger partial charge in [-0.2, -0.15) is 0 Å². The standard InChI is InChI=1S/C12H10ClN3O2/c1-18-11(17)10-6-9(15-12(13)16-10)7-2-4-8(14)5-3-7/h2-6H,14H2,1H3. The molecule has 0 bridgehead atoms. The summed E-state index contributed by atoms with van der Waals surface area (Å²) in [6, 6.07) is 8.57. The molecule has 6 heteroatoms. The third kappa shape index (κ3) is 2.57. The first-order valence-electron chi connectivity index (χ1n) is 5.09. The third-order valence-corrected chi connectivity index (χ3v) is 2.47. The van der Waals surface area contributed by atoms with Gasteiger partial charge in [-0.1, -0.05) is 12.1 Å². The van der Waals surface area contributed by atoms with Crippen LogP contribution in [-0.4, -0.2) is 23.0 Å². The fraction of sp³-hybridized carbons (Fsp3) is 0.0833. The van der Waals surface area contributed by atoms with Crippen molar-refractivity contribution in [3.05, 3.63) is 41.3 Å². The molecule has 2 aromatic rings. The van der Waals surface area contributed by atoms with Crippen molar-refractivity contribution in [1.29, 1.82) is 0 Å². The van der Waals surface area contributed by atoms with Crippen LogP contribution in [0.1, 0.15) is 10.5 Å². The van der Waals surface area contributed by atoms with E-state index in [0.29, 0.717) is 11.4 Å². The first kappa shape index (κ1) is 12.3. The number of carbonyl (C=O) groups is 1. The van der Waals surface area contributed by atoms with Crippen molar-refractivity contribution in [2.75, 3.05) is 12.8 Å². The molecule has 0 aliphatic carbocycles. The van der Waals surface area contributed by atoms with Gasteiger partial charge in [0.05, 0.1) is 12.8 Å². The molecule has 1 aromatic heterocycles. The van der Waals surface area contributed by atoms with Crippen molar-refractivity contribution in [3.8, 4) is 11.3 Å². The minimum atomic E-state index is -0.559. The molecule has 0 saturated heterocycles. The molecule has 5 nitrogen and oxygen atoms in total. The highest BCUT2D eigenvalue weighted by Crippen LogP contribution is 2.20. The molecule has 0 saturated carbocycles. The Balaban J connectivity index is 2.48. The van der Waals surface area contributed by atoms with Crippen molar-refractivity contribution in [2.24, 2.45) is 0 Å². The van der Waals surface area contributed by atoms with E-state index in [1.54, 1.807) is 24.3 Å². The smallest absolute Gasteiger partial charge is 0.356 e. The minimum absolute atomic E-state index is 0.00951. The Labute approximate surface area is 109 Å². The minimum Gasteiger partial charge on any atom is -0.464 e. The van der Waals surface area contributed by atoms with Crippen molar-refractivity contribution >= 4 is 23.3 Å². The van der Waals surface area contributed by atoms with E-state index in [-0.39, 0.29) is 11.0 Å². The summed E-state index contributed by atoms with van der Waals surface area (Å²) in [5.41, 5.74) is 7.69. The van der Waals surface area contributed by atoms with Gasteiger partial charge in [0.2, 0.25) is 5.28 Å². The fourth-order valence-corrected chi connectivity index (χ4v) is 1.61. The fourth-order valence-electron chi connectivity index (χ4n) is 1.43. The number of hydrogen-bond donors (Lipinski definition) is 1. The van der Waals surface area contributed by atoms with Gasteiger partial charge in [-0.05, 0) is 29.8 Å². The zero-order valence-electron chi connectivity index (χ0n) is 9.55. The van der Waals surface area contributed by atoms with E-state index >= 15 is 0 Å². The zero-order chi connectivity index (χ0) is 13.1. The molecule has 18 heavy (non-hydrogen) atoms. The van der Waals surface area contributed by atoms with Crippen molar-refractivity contribution < 1.29 is 9.53 Å². The predicted molar refractivity (Wildman–Crippen MR) is 68.2 cm³/mol. The van der Waals surface area contributed by atoms with Crippen molar-refractivity contribution in [1.82, 2.24) is 9.97 Å². The molecule has 2 N–H and O–H groups in total. The van der Waals surface area contributed by atoms with E-state index in [4.69, 9.17) is 17.3 Å². The Morgan fingerprint density at radius 2 is 1.94 bits per heavy atom. The van der Waals surface area contributed by atoms with E-state index in [1.165, 1.54) is 13.2 Å². The van der Waals surface area contributed by atoms with E-state index in [1.807, 2.05) is 0 Å². The molecule has 0 unspecified atom stereocenters. The number of benzene rings is 1. The highest BCUT2D eigenvalue weighted by Gasteiger charge is 2.12. The molecular weight excluding hydrogens is 254 g/mol. The number of esters is 1. The summed E-state index contributed by atoms with van der Waals surface area (Å²) in [6.07, 6.45) is 0. The van der Waals surface area contributed by atoms with Gasteiger partial charge in [-0.15, -0.1) is 0 Å². The second-order valence-corrected chi connectivity index (χ2v) is 3.86.